The second-order valence-corrected chi connectivity index (χ2v) is 3.70. The van der Waals surface area contributed by atoms with Crippen molar-refractivity contribution in [3.63, 3.8) is 0 Å². The molecule has 0 saturated heterocycles. The van der Waals surface area contributed by atoms with Gasteiger partial charge in [0.25, 0.3) is 0 Å². The molecule has 0 aromatic heterocycles. The van der Waals surface area contributed by atoms with Gasteiger partial charge in [0.2, 0.25) is 0 Å². The van der Waals surface area contributed by atoms with Gasteiger partial charge in [-0.1, -0.05) is 0 Å². The van der Waals surface area contributed by atoms with Crippen LogP contribution in [0.15, 0.2) is 48.5 Å². The molecule has 0 atom stereocenters. The molecule has 0 aliphatic carbocycles. The number of carboxylic acids is 2. The van der Waals surface area contributed by atoms with Gasteiger partial charge in [0.05, 0.1) is 11.1 Å². The zero-order valence-corrected chi connectivity index (χ0v) is 10.7. The minimum Gasteiger partial charge on any atom is -0.508 e. The van der Waals surface area contributed by atoms with E-state index in [1.165, 1.54) is 48.5 Å². The maximum Gasteiger partial charge on any atom is 0.335 e. The maximum atomic E-state index is 10.2. The van der Waals surface area contributed by atoms with Crippen molar-refractivity contribution in [2.75, 3.05) is 0 Å². The molecule has 0 saturated carbocycles. The molecule has 6 N–H and O–H groups in total. The van der Waals surface area contributed by atoms with Crippen molar-refractivity contribution >= 4 is 11.9 Å². The third kappa shape index (κ3) is 6.08. The predicted molar refractivity (Wildman–Crippen MR) is 73.7 cm³/mol. The fourth-order valence-electron chi connectivity index (χ4n) is 1.21. The van der Waals surface area contributed by atoms with Crippen LogP contribution in [0.4, 0.5) is 0 Å². The van der Waals surface area contributed by atoms with E-state index in [4.69, 9.17) is 20.4 Å². The van der Waals surface area contributed by atoms with Gasteiger partial charge in [0.15, 0.2) is 0 Å². The smallest absolute Gasteiger partial charge is 0.335 e. The number of phenolic OH excluding ortho intramolecular Hbond substituents is 2. The Hall–Kier alpha value is -3.06. The maximum absolute atomic E-state index is 10.2. The van der Waals surface area contributed by atoms with Crippen molar-refractivity contribution in [3.8, 4) is 11.5 Å². The Labute approximate surface area is 119 Å². The molecule has 2 rings (SSSR count). The Morgan fingerprint density at radius 1 is 0.619 bits per heavy atom. The highest BCUT2D eigenvalue weighted by molar-refractivity contribution is 5.88. The first-order valence-electron chi connectivity index (χ1n) is 5.45. The summed E-state index contributed by atoms with van der Waals surface area (Å²) in [5.74, 6) is -1.82. The largest absolute Gasteiger partial charge is 0.508 e. The Balaban J connectivity index is 0.000000364. The van der Waals surface area contributed by atoms with Crippen molar-refractivity contribution in [1.29, 1.82) is 0 Å². The highest BCUT2D eigenvalue weighted by Crippen LogP contribution is 2.09. The SMILES string of the molecule is O.O=C(O)c1ccc(O)cc1.O=C(O)c1ccc(O)cc1. The lowest BCUT2D eigenvalue weighted by Gasteiger charge is -1.92. The first-order valence-corrected chi connectivity index (χ1v) is 5.45. The number of hydrogen-bond donors (Lipinski definition) is 4. The summed E-state index contributed by atoms with van der Waals surface area (Å²) >= 11 is 0. The van der Waals surface area contributed by atoms with Gasteiger partial charge < -0.3 is 25.9 Å². The summed E-state index contributed by atoms with van der Waals surface area (Å²) in [6.07, 6.45) is 0. The Kier molecular flexibility index (Phi) is 6.99. The molecule has 0 unspecified atom stereocenters. The van der Waals surface area contributed by atoms with E-state index in [-0.39, 0.29) is 28.1 Å². The standard InChI is InChI=1S/2C7H6O3.H2O/c2*8-6-3-1-5(2-4-6)7(9)10;/h2*1-4,8H,(H,9,10);1H2. The molecule has 0 aliphatic rings. The predicted octanol–water partition coefficient (Wildman–Crippen LogP) is 1.36. The van der Waals surface area contributed by atoms with Gasteiger partial charge in [0, 0.05) is 0 Å². The van der Waals surface area contributed by atoms with Gasteiger partial charge >= 0.3 is 11.9 Å². The van der Waals surface area contributed by atoms with Crippen LogP contribution in [0.3, 0.4) is 0 Å². The van der Waals surface area contributed by atoms with E-state index in [0.29, 0.717) is 0 Å². The minimum absolute atomic E-state index is 0. The molecule has 0 fully saturated rings. The van der Waals surface area contributed by atoms with Crippen LogP contribution in [0.5, 0.6) is 11.5 Å². The fraction of sp³-hybridized carbons (Fsp3) is 0. The van der Waals surface area contributed by atoms with E-state index in [1.54, 1.807) is 0 Å². The Morgan fingerprint density at radius 3 is 1.05 bits per heavy atom. The minimum atomic E-state index is -0.986. The van der Waals surface area contributed by atoms with E-state index >= 15 is 0 Å². The fourth-order valence-corrected chi connectivity index (χ4v) is 1.21. The first kappa shape index (κ1) is 17.9. The summed E-state index contributed by atoms with van der Waals surface area (Å²) in [7, 11) is 0. The van der Waals surface area contributed by atoms with Crippen molar-refractivity contribution < 1.29 is 35.5 Å². The molecule has 112 valence electrons. The van der Waals surface area contributed by atoms with Gasteiger partial charge in [-0.3, -0.25) is 0 Å². The van der Waals surface area contributed by atoms with Gasteiger partial charge in [-0.2, -0.15) is 0 Å². The van der Waals surface area contributed by atoms with E-state index in [2.05, 4.69) is 0 Å². The summed E-state index contributed by atoms with van der Waals surface area (Å²) in [6.45, 7) is 0. The van der Waals surface area contributed by atoms with Crippen molar-refractivity contribution in [3.05, 3.63) is 59.7 Å². The van der Waals surface area contributed by atoms with Crippen LogP contribution >= 0.6 is 0 Å². The Morgan fingerprint density at radius 2 is 0.857 bits per heavy atom. The van der Waals surface area contributed by atoms with Crippen molar-refractivity contribution in [2.24, 2.45) is 0 Å². The third-order valence-corrected chi connectivity index (χ3v) is 2.23. The number of hydrogen-bond acceptors (Lipinski definition) is 4. The topological polar surface area (TPSA) is 147 Å². The number of phenols is 2. The van der Waals surface area contributed by atoms with Crippen molar-refractivity contribution in [1.82, 2.24) is 0 Å². The number of aromatic hydroxyl groups is 2. The average molecular weight is 294 g/mol. The molecule has 0 radical (unpaired) electrons. The number of aromatic carboxylic acids is 2. The second-order valence-electron chi connectivity index (χ2n) is 3.70. The van der Waals surface area contributed by atoms with Crippen LogP contribution < -0.4 is 0 Å². The zero-order chi connectivity index (χ0) is 15.1. The van der Waals surface area contributed by atoms with Crippen LogP contribution in [-0.4, -0.2) is 37.8 Å². The molecule has 0 aliphatic heterocycles. The van der Waals surface area contributed by atoms with Crippen LogP contribution in [0, 0.1) is 0 Å². The van der Waals surface area contributed by atoms with Gasteiger partial charge in [0.1, 0.15) is 11.5 Å². The lowest BCUT2D eigenvalue weighted by atomic mass is 10.2. The molecular formula is C14H14O7. The summed E-state index contributed by atoms with van der Waals surface area (Å²) < 4.78 is 0. The number of rotatable bonds is 2. The molecule has 0 bridgehead atoms. The van der Waals surface area contributed by atoms with E-state index in [1.807, 2.05) is 0 Å². The van der Waals surface area contributed by atoms with Gasteiger partial charge in [-0.25, -0.2) is 9.59 Å². The summed E-state index contributed by atoms with van der Waals surface area (Å²) in [5.41, 5.74) is 0.357. The molecule has 2 aromatic rings. The lowest BCUT2D eigenvalue weighted by Crippen LogP contribution is -1.93. The average Bonchev–Trinajstić information content (AvgIpc) is 2.40. The third-order valence-electron chi connectivity index (χ3n) is 2.23. The van der Waals surface area contributed by atoms with Crippen LogP contribution in [0.2, 0.25) is 0 Å². The van der Waals surface area contributed by atoms with E-state index in [9.17, 15) is 9.59 Å². The highest BCUT2D eigenvalue weighted by atomic mass is 16.4. The van der Waals surface area contributed by atoms with E-state index < -0.39 is 11.9 Å². The molecule has 0 spiro atoms. The summed E-state index contributed by atoms with van der Waals surface area (Å²) in [6, 6.07) is 10.7. The van der Waals surface area contributed by atoms with Gasteiger partial charge in [-0.15, -0.1) is 0 Å². The highest BCUT2D eigenvalue weighted by Gasteiger charge is 2.00. The van der Waals surface area contributed by atoms with Gasteiger partial charge in [-0.05, 0) is 48.5 Å². The molecule has 2 aromatic carbocycles. The monoisotopic (exact) mass is 294 g/mol. The molecular weight excluding hydrogens is 280 g/mol. The van der Waals surface area contributed by atoms with Crippen LogP contribution in [0.1, 0.15) is 20.7 Å². The molecule has 0 amide bonds. The number of benzene rings is 2. The number of carboxylic acid groups (broad SMARTS) is 2. The Bertz CT molecular complexity index is 532. The second kappa shape index (κ2) is 8.18. The first-order chi connectivity index (χ1) is 9.40. The molecule has 21 heavy (non-hydrogen) atoms. The lowest BCUT2D eigenvalue weighted by molar-refractivity contribution is 0.0686. The van der Waals surface area contributed by atoms with E-state index in [0.717, 1.165) is 0 Å². The normalized spacial score (nSPS) is 8.76. The summed E-state index contributed by atoms with van der Waals surface area (Å²) in [5, 5.41) is 34.3. The quantitative estimate of drug-likeness (QED) is 0.657. The molecule has 7 nitrogen and oxygen atoms in total. The van der Waals surface area contributed by atoms with Crippen molar-refractivity contribution in [2.45, 2.75) is 0 Å². The zero-order valence-electron chi connectivity index (χ0n) is 10.7. The summed E-state index contributed by atoms with van der Waals surface area (Å²) in [4.78, 5) is 20.5. The van der Waals surface area contributed by atoms with Crippen LogP contribution in [0.25, 0.3) is 0 Å². The van der Waals surface area contributed by atoms with Crippen LogP contribution in [-0.2, 0) is 0 Å². The number of carbonyl (C=O) groups is 2. The molecule has 7 heteroatoms. The molecule has 0 heterocycles.